The second-order valence-corrected chi connectivity index (χ2v) is 8.47. The Balaban J connectivity index is 2.36. The first-order chi connectivity index (χ1) is 15.3. The molecule has 176 valence electrons. The topological polar surface area (TPSA) is 128 Å². The van der Waals surface area contributed by atoms with E-state index in [2.05, 4.69) is 5.43 Å². The molecule has 2 amide bonds. The van der Waals surface area contributed by atoms with E-state index in [1.54, 1.807) is 26.8 Å². The van der Waals surface area contributed by atoms with Crippen molar-refractivity contribution in [3.63, 3.8) is 0 Å². The SMILES string of the molecule is COc1cc(C(=O)CC(=O)N(NC(=O)OC(C)(C)C)c2c(Cl)cccc2Cl)ccc1[N+](=O)[O-]. The van der Waals surface area contributed by atoms with Gasteiger partial charge in [0.15, 0.2) is 11.5 Å². The number of hydrogen-bond acceptors (Lipinski definition) is 7. The highest BCUT2D eigenvalue weighted by Crippen LogP contribution is 2.33. The highest BCUT2D eigenvalue weighted by Gasteiger charge is 2.28. The fraction of sp³-hybridized carbons (Fsp3) is 0.286. The van der Waals surface area contributed by atoms with Crippen molar-refractivity contribution >= 4 is 52.4 Å². The maximum absolute atomic E-state index is 13.0. The molecule has 0 saturated heterocycles. The Labute approximate surface area is 199 Å². The predicted molar refractivity (Wildman–Crippen MR) is 122 cm³/mol. The van der Waals surface area contributed by atoms with E-state index < -0.39 is 34.7 Å². The summed E-state index contributed by atoms with van der Waals surface area (Å²) in [6.45, 7) is 4.89. The fourth-order valence-corrected chi connectivity index (χ4v) is 3.22. The molecule has 0 atom stereocenters. The number of anilines is 1. The monoisotopic (exact) mass is 497 g/mol. The first-order valence-corrected chi connectivity index (χ1v) is 10.2. The Kier molecular flexibility index (Phi) is 8.23. The molecule has 0 aliphatic carbocycles. The van der Waals surface area contributed by atoms with Crippen LogP contribution in [0.25, 0.3) is 0 Å². The van der Waals surface area contributed by atoms with Crippen molar-refractivity contribution in [1.29, 1.82) is 0 Å². The van der Waals surface area contributed by atoms with Gasteiger partial charge < -0.3 is 9.47 Å². The van der Waals surface area contributed by atoms with Crippen molar-refractivity contribution in [3.8, 4) is 5.75 Å². The van der Waals surface area contributed by atoms with Gasteiger partial charge in [0.25, 0.3) is 5.91 Å². The Morgan fingerprint density at radius 1 is 1.12 bits per heavy atom. The first-order valence-electron chi connectivity index (χ1n) is 9.46. The smallest absolute Gasteiger partial charge is 0.427 e. The van der Waals surface area contributed by atoms with Gasteiger partial charge in [0.1, 0.15) is 11.3 Å². The number of nitrogens with zero attached hydrogens (tertiary/aromatic N) is 2. The molecule has 0 saturated carbocycles. The van der Waals surface area contributed by atoms with Gasteiger partial charge >= 0.3 is 11.8 Å². The lowest BCUT2D eigenvalue weighted by Gasteiger charge is -2.27. The molecule has 0 spiro atoms. The van der Waals surface area contributed by atoms with Gasteiger partial charge in [0.05, 0.1) is 28.5 Å². The summed E-state index contributed by atoms with van der Waals surface area (Å²) in [4.78, 5) is 48.5. The second kappa shape index (κ2) is 10.5. The van der Waals surface area contributed by atoms with Crippen LogP contribution in [0.1, 0.15) is 37.6 Å². The zero-order valence-corrected chi connectivity index (χ0v) is 19.7. The summed E-state index contributed by atoms with van der Waals surface area (Å²) in [7, 11) is 1.22. The summed E-state index contributed by atoms with van der Waals surface area (Å²) < 4.78 is 10.1. The number of hydrazine groups is 1. The molecule has 10 nitrogen and oxygen atoms in total. The average molecular weight is 498 g/mol. The number of benzene rings is 2. The summed E-state index contributed by atoms with van der Waals surface area (Å²) >= 11 is 12.4. The van der Waals surface area contributed by atoms with Gasteiger partial charge in [0.2, 0.25) is 0 Å². The molecular weight excluding hydrogens is 477 g/mol. The maximum atomic E-state index is 13.0. The number of amides is 2. The molecule has 33 heavy (non-hydrogen) atoms. The molecule has 0 heterocycles. The quantitative estimate of drug-likeness (QED) is 0.258. The van der Waals surface area contributed by atoms with Gasteiger partial charge in [-0.1, -0.05) is 29.3 Å². The average Bonchev–Trinajstić information content (AvgIpc) is 2.70. The van der Waals surface area contributed by atoms with Crippen LogP contribution < -0.4 is 15.2 Å². The van der Waals surface area contributed by atoms with Gasteiger partial charge in [-0.25, -0.2) is 15.2 Å². The molecule has 2 rings (SSSR count). The third kappa shape index (κ3) is 6.80. The van der Waals surface area contributed by atoms with Gasteiger partial charge in [-0.15, -0.1) is 0 Å². The summed E-state index contributed by atoms with van der Waals surface area (Å²) in [5.41, 5.74) is 1.00. The van der Waals surface area contributed by atoms with Crippen LogP contribution in [0.15, 0.2) is 36.4 Å². The Morgan fingerprint density at radius 3 is 2.24 bits per heavy atom. The number of hydrogen-bond donors (Lipinski definition) is 1. The van der Waals surface area contributed by atoms with Gasteiger partial charge in [0, 0.05) is 11.6 Å². The zero-order valence-electron chi connectivity index (χ0n) is 18.2. The van der Waals surface area contributed by atoms with E-state index in [0.29, 0.717) is 0 Å². The molecule has 2 aromatic carbocycles. The summed E-state index contributed by atoms with van der Waals surface area (Å²) in [5, 5.41) is 11.9. The number of ketones is 1. The van der Waals surface area contributed by atoms with Crippen molar-refractivity contribution in [2.24, 2.45) is 0 Å². The molecule has 0 aromatic heterocycles. The van der Waals surface area contributed by atoms with Gasteiger partial charge in [-0.05, 0) is 45.0 Å². The van der Waals surface area contributed by atoms with Crippen LogP contribution in [0.5, 0.6) is 5.75 Å². The normalized spacial score (nSPS) is 10.8. The molecule has 0 unspecified atom stereocenters. The molecule has 0 aliphatic heterocycles. The van der Waals surface area contributed by atoms with Gasteiger partial charge in [-0.2, -0.15) is 0 Å². The largest absolute Gasteiger partial charge is 0.490 e. The number of Topliss-reactive ketones (excluding diaryl/α,β-unsaturated/α-hetero) is 1. The van der Waals surface area contributed by atoms with Crippen molar-refractivity contribution in [2.45, 2.75) is 32.8 Å². The summed E-state index contributed by atoms with van der Waals surface area (Å²) in [6.07, 6.45) is -1.70. The molecule has 0 aliphatic rings. The second-order valence-electron chi connectivity index (χ2n) is 7.66. The van der Waals surface area contributed by atoms with E-state index in [9.17, 15) is 24.5 Å². The van der Waals surface area contributed by atoms with Crippen molar-refractivity contribution < 1.29 is 28.8 Å². The molecule has 12 heteroatoms. The number of halogens is 2. The number of carbonyl (C=O) groups excluding carboxylic acids is 3. The minimum Gasteiger partial charge on any atom is -0.490 e. The fourth-order valence-electron chi connectivity index (χ4n) is 2.66. The van der Waals surface area contributed by atoms with Crippen molar-refractivity contribution in [2.75, 3.05) is 12.1 Å². The number of methoxy groups -OCH3 is 1. The maximum Gasteiger partial charge on any atom is 0.427 e. The predicted octanol–water partition coefficient (Wildman–Crippen LogP) is 4.96. The van der Waals surface area contributed by atoms with Crippen molar-refractivity contribution in [3.05, 3.63) is 62.1 Å². The summed E-state index contributed by atoms with van der Waals surface area (Å²) in [5.74, 6) is -1.71. The lowest BCUT2D eigenvalue weighted by Crippen LogP contribution is -2.49. The van der Waals surface area contributed by atoms with E-state index in [1.807, 2.05) is 0 Å². The Hall–Kier alpha value is -3.37. The molecule has 1 N–H and O–H groups in total. The molecule has 2 aromatic rings. The number of rotatable bonds is 6. The third-order valence-corrected chi connectivity index (χ3v) is 4.63. The number of ether oxygens (including phenoxy) is 2. The lowest BCUT2D eigenvalue weighted by atomic mass is 10.1. The zero-order chi connectivity index (χ0) is 24.9. The highest BCUT2D eigenvalue weighted by molar-refractivity contribution is 6.40. The third-order valence-electron chi connectivity index (χ3n) is 4.02. The van der Waals surface area contributed by atoms with E-state index >= 15 is 0 Å². The van der Waals surface area contributed by atoms with Crippen LogP contribution in [-0.4, -0.2) is 35.4 Å². The minimum absolute atomic E-state index is 0.00623. The van der Waals surface area contributed by atoms with Crippen LogP contribution in [0.2, 0.25) is 10.0 Å². The first kappa shape index (κ1) is 25.9. The van der Waals surface area contributed by atoms with E-state index in [0.717, 1.165) is 17.1 Å². The molecule has 0 bridgehead atoms. The van der Waals surface area contributed by atoms with Gasteiger partial charge in [-0.3, -0.25) is 19.7 Å². The number of nitrogens with one attached hydrogen (secondary N) is 1. The Morgan fingerprint density at radius 2 is 1.73 bits per heavy atom. The minimum atomic E-state index is -0.976. The number of carbonyl (C=O) groups is 3. The summed E-state index contributed by atoms with van der Waals surface area (Å²) in [6, 6.07) is 7.88. The van der Waals surface area contributed by atoms with Crippen LogP contribution in [0, 0.1) is 10.1 Å². The highest BCUT2D eigenvalue weighted by atomic mass is 35.5. The van der Waals surface area contributed by atoms with Crippen LogP contribution in [-0.2, 0) is 9.53 Å². The number of para-hydroxylation sites is 1. The lowest BCUT2D eigenvalue weighted by molar-refractivity contribution is -0.385. The standard InChI is InChI=1S/C21H21Cl2N3O7/c1-21(2,3)33-20(29)24-25(19-13(22)6-5-7-14(19)23)18(28)11-16(27)12-8-9-15(26(30)31)17(10-12)32-4/h5-10H,11H2,1-4H3,(H,24,29). The molecular formula is C21H21Cl2N3O7. The molecule has 0 radical (unpaired) electrons. The van der Waals surface area contributed by atoms with Crippen molar-refractivity contribution in [1.82, 2.24) is 5.43 Å². The van der Waals surface area contributed by atoms with Crippen LogP contribution in [0.3, 0.4) is 0 Å². The molecule has 0 fully saturated rings. The van der Waals surface area contributed by atoms with E-state index in [1.165, 1.54) is 25.3 Å². The Bertz CT molecular complexity index is 1080. The number of nitro benzene ring substituents is 1. The van der Waals surface area contributed by atoms with Crippen LogP contribution in [0.4, 0.5) is 16.2 Å². The van der Waals surface area contributed by atoms with E-state index in [4.69, 9.17) is 32.7 Å². The number of nitro groups is 1. The van der Waals surface area contributed by atoms with Crippen LogP contribution >= 0.6 is 23.2 Å². The van der Waals surface area contributed by atoms with E-state index in [-0.39, 0.29) is 32.7 Å².